The van der Waals surface area contributed by atoms with Gasteiger partial charge in [-0.05, 0) is 42.5 Å². The van der Waals surface area contributed by atoms with Gasteiger partial charge in [-0.1, -0.05) is 24.3 Å². The van der Waals surface area contributed by atoms with Crippen molar-refractivity contribution in [1.82, 2.24) is 0 Å². The fraction of sp³-hybridized carbons (Fsp3) is 0.120. The van der Waals surface area contributed by atoms with Crippen LogP contribution in [0.25, 0.3) is 6.08 Å². The number of benzene rings is 3. The summed E-state index contributed by atoms with van der Waals surface area (Å²) < 4.78 is 63.6. The molecule has 0 unspecified atom stereocenters. The first-order valence-corrected chi connectivity index (χ1v) is 9.86. The number of nitriles is 1. The summed E-state index contributed by atoms with van der Waals surface area (Å²) in [6.07, 6.45) is -3.36. The Balaban J connectivity index is 1.86. The molecule has 3 aromatic rings. The molecule has 0 aromatic heterocycles. The van der Waals surface area contributed by atoms with E-state index in [1.807, 2.05) is 0 Å². The van der Waals surface area contributed by atoms with E-state index in [0.29, 0.717) is 16.9 Å². The van der Waals surface area contributed by atoms with Crippen LogP contribution in [0.4, 0.5) is 23.2 Å². The molecule has 0 radical (unpaired) electrons. The number of hydrogen-bond donors (Lipinski definition) is 1. The molecule has 34 heavy (non-hydrogen) atoms. The van der Waals surface area contributed by atoms with Gasteiger partial charge in [0.05, 0.1) is 12.7 Å². The molecule has 0 spiro atoms. The third-order valence-corrected chi connectivity index (χ3v) is 4.67. The third-order valence-electron chi connectivity index (χ3n) is 4.67. The Morgan fingerprint density at radius 2 is 1.85 bits per heavy atom. The van der Waals surface area contributed by atoms with Crippen molar-refractivity contribution >= 4 is 17.7 Å². The number of rotatable bonds is 7. The van der Waals surface area contributed by atoms with E-state index in [1.165, 1.54) is 37.5 Å². The lowest BCUT2D eigenvalue weighted by atomic mass is 10.1. The van der Waals surface area contributed by atoms with Crippen molar-refractivity contribution in [2.75, 3.05) is 12.4 Å². The monoisotopic (exact) mass is 470 g/mol. The molecule has 174 valence electrons. The highest BCUT2D eigenvalue weighted by molar-refractivity contribution is 6.09. The van der Waals surface area contributed by atoms with E-state index in [-0.39, 0.29) is 23.6 Å². The summed E-state index contributed by atoms with van der Waals surface area (Å²) in [5.41, 5.74) is -0.826. The molecule has 0 bridgehead atoms. The van der Waals surface area contributed by atoms with Gasteiger partial charge in [-0.25, -0.2) is 4.39 Å². The number of carbonyl (C=O) groups is 1. The Bertz CT molecular complexity index is 1260. The van der Waals surface area contributed by atoms with E-state index in [4.69, 9.17) is 9.47 Å². The van der Waals surface area contributed by atoms with Crippen molar-refractivity contribution in [3.05, 3.63) is 94.8 Å². The standard InChI is InChI=1S/C25H18F4N2O3/c1-33-21-10-9-16(23(13-21)34-15-17-5-2-3-8-22(17)26)11-18(14-30)24(32)31-20-7-4-6-19(12-20)25(27,28)29/h2-13H,15H2,1H3,(H,31,32)/b18-11+. The fourth-order valence-electron chi connectivity index (χ4n) is 2.93. The highest BCUT2D eigenvalue weighted by Gasteiger charge is 2.30. The van der Waals surface area contributed by atoms with E-state index in [0.717, 1.165) is 18.2 Å². The smallest absolute Gasteiger partial charge is 0.416 e. The van der Waals surface area contributed by atoms with Gasteiger partial charge >= 0.3 is 6.18 Å². The Kier molecular flexibility index (Phi) is 7.53. The molecule has 5 nitrogen and oxygen atoms in total. The van der Waals surface area contributed by atoms with Crippen LogP contribution in [-0.2, 0) is 17.6 Å². The molecule has 0 aliphatic heterocycles. The van der Waals surface area contributed by atoms with Gasteiger partial charge in [0.25, 0.3) is 5.91 Å². The van der Waals surface area contributed by atoms with E-state index >= 15 is 0 Å². The van der Waals surface area contributed by atoms with Crippen molar-refractivity contribution in [3.63, 3.8) is 0 Å². The number of halogens is 4. The molecular formula is C25H18F4N2O3. The second-order valence-corrected chi connectivity index (χ2v) is 6.99. The van der Waals surface area contributed by atoms with Crippen LogP contribution in [0.15, 0.2) is 72.3 Å². The molecule has 3 rings (SSSR count). The largest absolute Gasteiger partial charge is 0.497 e. The fourth-order valence-corrected chi connectivity index (χ4v) is 2.93. The molecule has 0 aliphatic carbocycles. The van der Waals surface area contributed by atoms with E-state index in [2.05, 4.69) is 5.32 Å². The zero-order valence-corrected chi connectivity index (χ0v) is 17.8. The Morgan fingerprint density at radius 3 is 2.53 bits per heavy atom. The predicted molar refractivity (Wildman–Crippen MR) is 117 cm³/mol. The minimum absolute atomic E-state index is 0.119. The maximum Gasteiger partial charge on any atom is 0.416 e. The topological polar surface area (TPSA) is 71.3 Å². The first kappa shape index (κ1) is 24.3. The van der Waals surface area contributed by atoms with Crippen LogP contribution in [0, 0.1) is 17.1 Å². The average molecular weight is 470 g/mol. The first-order chi connectivity index (χ1) is 16.2. The number of ether oxygens (including phenoxy) is 2. The second kappa shape index (κ2) is 10.5. The number of hydrogen-bond acceptors (Lipinski definition) is 4. The van der Waals surface area contributed by atoms with Gasteiger partial charge in [0.1, 0.15) is 35.6 Å². The maximum absolute atomic E-state index is 13.9. The molecule has 1 amide bonds. The number of amides is 1. The van der Waals surface area contributed by atoms with Crippen LogP contribution in [0.3, 0.4) is 0 Å². The predicted octanol–water partition coefficient (Wildman–Crippen LogP) is 5.98. The Labute approximate surface area is 192 Å². The van der Waals surface area contributed by atoms with Crippen LogP contribution < -0.4 is 14.8 Å². The van der Waals surface area contributed by atoms with E-state index in [9.17, 15) is 27.6 Å². The maximum atomic E-state index is 13.9. The summed E-state index contributed by atoms with van der Waals surface area (Å²) in [5, 5.41) is 11.8. The lowest BCUT2D eigenvalue weighted by Crippen LogP contribution is -2.14. The number of alkyl halides is 3. The molecule has 1 N–H and O–H groups in total. The van der Waals surface area contributed by atoms with Crippen LogP contribution in [0.5, 0.6) is 11.5 Å². The van der Waals surface area contributed by atoms with Gasteiger partial charge in [0.15, 0.2) is 0 Å². The number of anilines is 1. The van der Waals surface area contributed by atoms with Gasteiger partial charge in [0, 0.05) is 22.9 Å². The Hall–Kier alpha value is -4.32. The van der Waals surface area contributed by atoms with Crippen molar-refractivity contribution in [2.45, 2.75) is 12.8 Å². The van der Waals surface area contributed by atoms with Crippen molar-refractivity contribution in [3.8, 4) is 17.6 Å². The van der Waals surface area contributed by atoms with Crippen molar-refractivity contribution in [1.29, 1.82) is 5.26 Å². The van der Waals surface area contributed by atoms with Crippen LogP contribution in [0.2, 0.25) is 0 Å². The van der Waals surface area contributed by atoms with Crippen LogP contribution >= 0.6 is 0 Å². The Morgan fingerprint density at radius 1 is 1.09 bits per heavy atom. The molecule has 0 saturated heterocycles. The molecule has 0 aliphatic rings. The zero-order chi connectivity index (χ0) is 24.7. The van der Waals surface area contributed by atoms with Gasteiger partial charge in [0.2, 0.25) is 0 Å². The molecule has 0 saturated carbocycles. The normalized spacial score (nSPS) is 11.5. The summed E-state index contributed by atoms with van der Waals surface area (Å²) in [6, 6.07) is 16.4. The summed E-state index contributed by atoms with van der Waals surface area (Å²) in [5.74, 6) is -0.729. The minimum Gasteiger partial charge on any atom is -0.497 e. The van der Waals surface area contributed by atoms with Gasteiger partial charge in [-0.15, -0.1) is 0 Å². The van der Waals surface area contributed by atoms with Gasteiger partial charge < -0.3 is 14.8 Å². The highest BCUT2D eigenvalue weighted by Crippen LogP contribution is 2.31. The van der Waals surface area contributed by atoms with E-state index in [1.54, 1.807) is 30.3 Å². The summed E-state index contributed by atoms with van der Waals surface area (Å²) in [7, 11) is 1.44. The molecule has 0 heterocycles. The quantitative estimate of drug-likeness (QED) is 0.262. The zero-order valence-electron chi connectivity index (χ0n) is 17.8. The van der Waals surface area contributed by atoms with Crippen molar-refractivity contribution in [2.24, 2.45) is 0 Å². The number of nitrogens with zero attached hydrogens (tertiary/aromatic N) is 1. The van der Waals surface area contributed by atoms with Crippen LogP contribution in [0.1, 0.15) is 16.7 Å². The van der Waals surface area contributed by atoms with Crippen molar-refractivity contribution < 1.29 is 31.8 Å². The second-order valence-electron chi connectivity index (χ2n) is 6.99. The van der Waals surface area contributed by atoms with E-state index < -0.39 is 23.5 Å². The summed E-state index contributed by atoms with van der Waals surface area (Å²) in [6.45, 7) is -0.126. The minimum atomic E-state index is -4.58. The third kappa shape index (κ3) is 6.13. The highest BCUT2D eigenvalue weighted by atomic mass is 19.4. The molecule has 0 atom stereocenters. The first-order valence-electron chi connectivity index (χ1n) is 9.86. The lowest BCUT2D eigenvalue weighted by Gasteiger charge is -2.12. The summed E-state index contributed by atoms with van der Waals surface area (Å²) >= 11 is 0. The number of methoxy groups -OCH3 is 1. The molecule has 9 heteroatoms. The lowest BCUT2D eigenvalue weighted by molar-refractivity contribution is -0.137. The molecule has 0 fully saturated rings. The summed E-state index contributed by atoms with van der Waals surface area (Å²) in [4.78, 5) is 12.6. The molecular weight excluding hydrogens is 452 g/mol. The van der Waals surface area contributed by atoms with Gasteiger partial charge in [-0.3, -0.25) is 4.79 Å². The number of carbonyl (C=O) groups excluding carboxylic acids is 1. The van der Waals surface area contributed by atoms with Crippen LogP contribution in [-0.4, -0.2) is 13.0 Å². The average Bonchev–Trinajstić information content (AvgIpc) is 2.82. The molecule has 3 aromatic carbocycles. The van der Waals surface area contributed by atoms with Gasteiger partial charge in [-0.2, -0.15) is 18.4 Å². The SMILES string of the molecule is COc1ccc(/C=C(\C#N)C(=O)Nc2cccc(C(F)(F)F)c2)c(OCc2ccccc2F)c1. The number of nitrogens with one attached hydrogen (secondary N) is 1.